The van der Waals surface area contributed by atoms with E-state index in [4.69, 9.17) is 4.74 Å². The summed E-state index contributed by atoms with van der Waals surface area (Å²) in [7, 11) is 0. The van der Waals surface area contributed by atoms with Crippen molar-refractivity contribution in [2.45, 2.75) is 39.2 Å². The molecule has 0 radical (unpaired) electrons. The van der Waals surface area contributed by atoms with E-state index < -0.39 is 0 Å². The maximum absolute atomic E-state index is 5.70. The van der Waals surface area contributed by atoms with Gasteiger partial charge in [-0.2, -0.15) is 0 Å². The molecule has 1 rings (SSSR count). The monoisotopic (exact) mass is 277 g/mol. The van der Waals surface area contributed by atoms with Gasteiger partial charge in [0.1, 0.15) is 0 Å². The molecule has 90 valence electrons. The van der Waals surface area contributed by atoms with Gasteiger partial charge in [-0.05, 0) is 39.2 Å². The summed E-state index contributed by atoms with van der Waals surface area (Å²) in [5.41, 5.74) is 0.0525. The topological polar surface area (TPSA) is 12.5 Å². The molecule has 1 aliphatic rings. The molecule has 1 fully saturated rings. The van der Waals surface area contributed by atoms with Gasteiger partial charge < -0.3 is 4.74 Å². The van der Waals surface area contributed by atoms with E-state index in [1.54, 1.807) is 0 Å². The zero-order valence-electron chi connectivity index (χ0n) is 10.3. The average Bonchev–Trinajstić information content (AvgIpc) is 2.14. The van der Waals surface area contributed by atoms with Crippen molar-refractivity contribution in [3.8, 4) is 0 Å². The molecule has 0 aromatic rings. The standard InChI is InChI=1S/C12H24BrNO/c1-11(4-6-13)5-7-14-8-9-15-12(2,3)10-14/h11H,4-10H2,1-3H3. The first-order chi connectivity index (χ1) is 7.03. The number of ether oxygens (including phenoxy) is 1. The molecule has 0 bridgehead atoms. The second kappa shape index (κ2) is 6.21. The highest BCUT2D eigenvalue weighted by atomic mass is 79.9. The fourth-order valence-electron chi connectivity index (χ4n) is 2.04. The van der Waals surface area contributed by atoms with E-state index in [2.05, 4.69) is 41.6 Å². The van der Waals surface area contributed by atoms with Crippen molar-refractivity contribution in [2.75, 3.05) is 31.6 Å². The van der Waals surface area contributed by atoms with Crippen LogP contribution in [0.3, 0.4) is 0 Å². The molecule has 0 spiro atoms. The third kappa shape index (κ3) is 5.32. The first-order valence-electron chi connectivity index (χ1n) is 5.96. The summed E-state index contributed by atoms with van der Waals surface area (Å²) >= 11 is 3.50. The van der Waals surface area contributed by atoms with Crippen LogP contribution in [0.1, 0.15) is 33.6 Å². The Balaban J connectivity index is 2.21. The number of rotatable bonds is 5. The molecule has 1 saturated heterocycles. The highest BCUT2D eigenvalue weighted by molar-refractivity contribution is 9.09. The Kier molecular flexibility index (Phi) is 5.58. The van der Waals surface area contributed by atoms with Crippen LogP contribution in [0.5, 0.6) is 0 Å². The van der Waals surface area contributed by atoms with Crippen molar-refractivity contribution < 1.29 is 4.74 Å². The molecule has 1 atom stereocenters. The third-order valence-corrected chi connectivity index (χ3v) is 3.50. The van der Waals surface area contributed by atoms with Gasteiger partial charge in [0, 0.05) is 18.4 Å². The molecular weight excluding hydrogens is 254 g/mol. The van der Waals surface area contributed by atoms with Gasteiger partial charge in [0.2, 0.25) is 0 Å². The molecule has 15 heavy (non-hydrogen) atoms. The van der Waals surface area contributed by atoms with E-state index in [1.807, 2.05) is 0 Å². The molecule has 0 N–H and O–H groups in total. The number of morpholine rings is 1. The van der Waals surface area contributed by atoms with Crippen molar-refractivity contribution >= 4 is 15.9 Å². The van der Waals surface area contributed by atoms with Gasteiger partial charge >= 0.3 is 0 Å². The van der Waals surface area contributed by atoms with Gasteiger partial charge in [-0.15, -0.1) is 0 Å². The van der Waals surface area contributed by atoms with Crippen LogP contribution in [0.25, 0.3) is 0 Å². The van der Waals surface area contributed by atoms with E-state index >= 15 is 0 Å². The van der Waals surface area contributed by atoms with Crippen molar-refractivity contribution in [2.24, 2.45) is 5.92 Å². The Morgan fingerprint density at radius 3 is 2.73 bits per heavy atom. The number of alkyl halides is 1. The summed E-state index contributed by atoms with van der Waals surface area (Å²) in [6, 6.07) is 0. The molecule has 0 saturated carbocycles. The zero-order chi connectivity index (χ0) is 11.3. The van der Waals surface area contributed by atoms with Crippen LogP contribution >= 0.6 is 15.9 Å². The fraction of sp³-hybridized carbons (Fsp3) is 1.00. The van der Waals surface area contributed by atoms with Gasteiger partial charge in [0.05, 0.1) is 12.2 Å². The van der Waals surface area contributed by atoms with E-state index in [-0.39, 0.29) is 5.60 Å². The summed E-state index contributed by atoms with van der Waals surface area (Å²) in [5, 5.41) is 1.13. The lowest BCUT2D eigenvalue weighted by Gasteiger charge is -2.38. The Hall–Kier alpha value is 0.400. The van der Waals surface area contributed by atoms with Crippen molar-refractivity contribution in [1.82, 2.24) is 4.90 Å². The summed E-state index contributed by atoms with van der Waals surface area (Å²) < 4.78 is 5.70. The normalized spacial score (nSPS) is 24.0. The van der Waals surface area contributed by atoms with Crippen molar-refractivity contribution in [3.05, 3.63) is 0 Å². The molecule has 1 unspecified atom stereocenters. The molecule has 2 nitrogen and oxygen atoms in total. The first-order valence-corrected chi connectivity index (χ1v) is 7.08. The number of nitrogens with zero attached hydrogens (tertiary/aromatic N) is 1. The maximum atomic E-state index is 5.70. The molecule has 1 aliphatic heterocycles. The highest BCUT2D eigenvalue weighted by Crippen LogP contribution is 2.18. The van der Waals surface area contributed by atoms with Gasteiger partial charge in [-0.3, -0.25) is 4.90 Å². The fourth-order valence-corrected chi connectivity index (χ4v) is 2.82. The molecule has 0 amide bonds. The number of hydrogen-bond acceptors (Lipinski definition) is 2. The smallest absolute Gasteiger partial charge is 0.0753 e. The van der Waals surface area contributed by atoms with Crippen LogP contribution in [-0.2, 0) is 4.74 Å². The molecule has 0 aliphatic carbocycles. The number of halogens is 1. The van der Waals surface area contributed by atoms with Gasteiger partial charge in [0.15, 0.2) is 0 Å². The highest BCUT2D eigenvalue weighted by Gasteiger charge is 2.26. The Labute approximate surface area is 102 Å². The van der Waals surface area contributed by atoms with Gasteiger partial charge in [0.25, 0.3) is 0 Å². The molecular formula is C12H24BrNO. The van der Waals surface area contributed by atoms with Crippen LogP contribution in [-0.4, -0.2) is 42.1 Å². The van der Waals surface area contributed by atoms with E-state index in [9.17, 15) is 0 Å². The minimum atomic E-state index is 0.0525. The summed E-state index contributed by atoms with van der Waals surface area (Å²) in [5.74, 6) is 0.829. The van der Waals surface area contributed by atoms with Crippen LogP contribution in [0, 0.1) is 5.92 Å². The predicted molar refractivity (Wildman–Crippen MR) is 68.7 cm³/mol. The quantitative estimate of drug-likeness (QED) is 0.717. The summed E-state index contributed by atoms with van der Waals surface area (Å²) in [6.45, 7) is 11.0. The Bertz CT molecular complexity index is 184. The van der Waals surface area contributed by atoms with Gasteiger partial charge in [-0.25, -0.2) is 0 Å². The molecule has 1 heterocycles. The zero-order valence-corrected chi connectivity index (χ0v) is 11.8. The molecule has 0 aromatic heterocycles. The first kappa shape index (κ1) is 13.5. The maximum Gasteiger partial charge on any atom is 0.0753 e. The largest absolute Gasteiger partial charge is 0.373 e. The molecule has 3 heteroatoms. The molecule has 0 aromatic carbocycles. The van der Waals surface area contributed by atoms with E-state index in [1.165, 1.54) is 19.4 Å². The van der Waals surface area contributed by atoms with E-state index in [0.29, 0.717) is 0 Å². The van der Waals surface area contributed by atoms with Crippen molar-refractivity contribution in [1.29, 1.82) is 0 Å². The lowest BCUT2D eigenvalue weighted by atomic mass is 10.0. The van der Waals surface area contributed by atoms with Crippen molar-refractivity contribution in [3.63, 3.8) is 0 Å². The Morgan fingerprint density at radius 1 is 1.40 bits per heavy atom. The predicted octanol–water partition coefficient (Wildman–Crippen LogP) is 2.91. The summed E-state index contributed by atoms with van der Waals surface area (Å²) in [4.78, 5) is 2.54. The second-order valence-electron chi connectivity index (χ2n) is 5.26. The van der Waals surface area contributed by atoms with Crippen LogP contribution < -0.4 is 0 Å². The van der Waals surface area contributed by atoms with E-state index in [0.717, 1.165) is 30.9 Å². The lowest BCUT2D eigenvalue weighted by molar-refractivity contribution is -0.0866. The minimum Gasteiger partial charge on any atom is -0.373 e. The second-order valence-corrected chi connectivity index (χ2v) is 6.05. The lowest BCUT2D eigenvalue weighted by Crippen LogP contribution is -2.48. The van der Waals surface area contributed by atoms with Gasteiger partial charge in [-0.1, -0.05) is 22.9 Å². The Morgan fingerprint density at radius 2 is 2.13 bits per heavy atom. The SMILES string of the molecule is CC(CCBr)CCN1CCOC(C)(C)C1. The average molecular weight is 278 g/mol. The van der Waals surface area contributed by atoms with Crippen LogP contribution in [0.15, 0.2) is 0 Å². The number of hydrogen-bond donors (Lipinski definition) is 0. The minimum absolute atomic E-state index is 0.0525. The third-order valence-electron chi connectivity index (χ3n) is 3.04. The van der Waals surface area contributed by atoms with Crippen LogP contribution in [0.2, 0.25) is 0 Å². The summed E-state index contributed by atoms with van der Waals surface area (Å²) in [6.07, 6.45) is 2.59. The van der Waals surface area contributed by atoms with Crippen LogP contribution in [0.4, 0.5) is 0 Å².